The molecule has 1 fully saturated rings. The molecule has 1 aromatic carbocycles. The molecule has 2 nitrogen and oxygen atoms in total. The van der Waals surface area contributed by atoms with Gasteiger partial charge < -0.3 is 4.74 Å². The molecular weight excluding hydrogens is 200 g/mol. The van der Waals surface area contributed by atoms with Crippen LogP contribution in [0.1, 0.15) is 38.7 Å². The van der Waals surface area contributed by atoms with Gasteiger partial charge in [0.15, 0.2) is 0 Å². The minimum absolute atomic E-state index is 0.0361. The number of ether oxygens (including phenoxy) is 1. The van der Waals surface area contributed by atoms with E-state index >= 15 is 0 Å². The maximum atomic E-state index is 11.1. The number of hydrogen-bond donors (Lipinski definition) is 0. The molecule has 0 amide bonds. The van der Waals surface area contributed by atoms with Gasteiger partial charge in [-0.25, -0.2) is 0 Å². The summed E-state index contributed by atoms with van der Waals surface area (Å²) >= 11 is 0. The molecule has 1 aliphatic heterocycles. The smallest absolute Gasteiger partial charge is 0.308 e. The zero-order chi connectivity index (χ0) is 12.0. The largest absolute Gasteiger partial charge is 0.465 e. The second-order valence-corrected chi connectivity index (χ2v) is 3.87. The van der Waals surface area contributed by atoms with E-state index in [1.807, 2.05) is 39.0 Å². The van der Waals surface area contributed by atoms with Crippen LogP contribution in [0.5, 0.6) is 0 Å². The molecule has 1 aliphatic rings. The van der Waals surface area contributed by atoms with Gasteiger partial charge >= 0.3 is 5.97 Å². The molecule has 1 aromatic rings. The van der Waals surface area contributed by atoms with Crippen LogP contribution in [0.2, 0.25) is 0 Å². The summed E-state index contributed by atoms with van der Waals surface area (Å²) in [6, 6.07) is 10.2. The first kappa shape index (κ1) is 12.8. The van der Waals surface area contributed by atoms with Gasteiger partial charge in [0.05, 0.1) is 12.5 Å². The topological polar surface area (TPSA) is 26.3 Å². The van der Waals surface area contributed by atoms with Crippen LogP contribution in [0.15, 0.2) is 30.3 Å². The predicted octanol–water partition coefficient (Wildman–Crippen LogP) is 3.38. The molecule has 1 heterocycles. The maximum absolute atomic E-state index is 11.1. The van der Waals surface area contributed by atoms with E-state index in [1.165, 1.54) is 5.56 Å². The zero-order valence-corrected chi connectivity index (χ0v) is 10.3. The van der Waals surface area contributed by atoms with Crippen molar-refractivity contribution < 1.29 is 9.53 Å². The Hall–Kier alpha value is -1.31. The van der Waals surface area contributed by atoms with Gasteiger partial charge in [0.25, 0.3) is 0 Å². The Kier molecular flexibility index (Phi) is 5.03. The first-order valence-corrected chi connectivity index (χ1v) is 5.99. The van der Waals surface area contributed by atoms with Gasteiger partial charge in [-0.2, -0.15) is 0 Å². The molecule has 0 radical (unpaired) electrons. The van der Waals surface area contributed by atoms with Crippen LogP contribution in [-0.2, 0) is 9.53 Å². The molecule has 0 aromatic heterocycles. The van der Waals surface area contributed by atoms with E-state index < -0.39 is 0 Å². The van der Waals surface area contributed by atoms with E-state index in [4.69, 9.17) is 4.74 Å². The third-order valence-electron chi connectivity index (χ3n) is 2.74. The first-order chi connectivity index (χ1) is 7.77. The van der Waals surface area contributed by atoms with Crippen molar-refractivity contribution in [1.82, 2.24) is 0 Å². The number of rotatable bonds is 1. The highest BCUT2D eigenvalue weighted by Crippen LogP contribution is 2.28. The van der Waals surface area contributed by atoms with E-state index in [2.05, 4.69) is 12.1 Å². The molecule has 0 aliphatic carbocycles. The van der Waals surface area contributed by atoms with Crippen molar-refractivity contribution in [3.63, 3.8) is 0 Å². The summed E-state index contributed by atoms with van der Waals surface area (Å²) in [5, 5.41) is 0. The van der Waals surface area contributed by atoms with E-state index in [0.717, 1.165) is 6.42 Å². The normalized spacial score (nSPS) is 24.1. The summed E-state index contributed by atoms with van der Waals surface area (Å²) in [4.78, 5) is 11.1. The average Bonchev–Trinajstić information content (AvgIpc) is 2.36. The summed E-state index contributed by atoms with van der Waals surface area (Å²) < 4.78 is 5.12. The molecular formula is C14H20O2. The van der Waals surface area contributed by atoms with Crippen LogP contribution >= 0.6 is 0 Å². The molecule has 0 saturated carbocycles. The lowest BCUT2D eigenvalue weighted by Crippen LogP contribution is -2.27. The molecule has 2 rings (SSSR count). The second-order valence-electron chi connectivity index (χ2n) is 3.87. The molecule has 1 saturated heterocycles. The van der Waals surface area contributed by atoms with Crippen molar-refractivity contribution in [2.45, 2.75) is 33.1 Å². The fourth-order valence-corrected chi connectivity index (χ4v) is 1.87. The van der Waals surface area contributed by atoms with Crippen LogP contribution in [0.4, 0.5) is 0 Å². The van der Waals surface area contributed by atoms with Crippen molar-refractivity contribution in [3.8, 4) is 0 Å². The Morgan fingerprint density at radius 1 is 1.19 bits per heavy atom. The fourth-order valence-electron chi connectivity index (χ4n) is 1.87. The average molecular weight is 220 g/mol. The van der Waals surface area contributed by atoms with Gasteiger partial charge in [0, 0.05) is 5.92 Å². The van der Waals surface area contributed by atoms with Gasteiger partial charge in [-0.05, 0) is 12.0 Å². The summed E-state index contributed by atoms with van der Waals surface area (Å²) in [5.74, 6) is 0.357. The van der Waals surface area contributed by atoms with E-state index in [1.54, 1.807) is 0 Å². The summed E-state index contributed by atoms with van der Waals surface area (Å²) in [6.07, 6.45) is 0.906. The van der Waals surface area contributed by atoms with Crippen LogP contribution in [0.3, 0.4) is 0 Å². The van der Waals surface area contributed by atoms with E-state index in [9.17, 15) is 4.79 Å². The summed E-state index contributed by atoms with van der Waals surface area (Å²) in [7, 11) is 0. The van der Waals surface area contributed by atoms with Gasteiger partial charge in [-0.15, -0.1) is 0 Å². The van der Waals surface area contributed by atoms with Gasteiger partial charge in [0.1, 0.15) is 0 Å². The molecule has 0 N–H and O–H groups in total. The van der Waals surface area contributed by atoms with Crippen molar-refractivity contribution in [2.75, 3.05) is 6.61 Å². The maximum Gasteiger partial charge on any atom is 0.308 e. The quantitative estimate of drug-likeness (QED) is 0.678. The molecule has 2 unspecified atom stereocenters. The zero-order valence-electron chi connectivity index (χ0n) is 10.3. The Balaban J connectivity index is 0.000000606. The van der Waals surface area contributed by atoms with Crippen molar-refractivity contribution in [2.24, 2.45) is 5.92 Å². The van der Waals surface area contributed by atoms with Crippen molar-refractivity contribution >= 4 is 5.97 Å². The SMILES string of the molecule is CC.CC1CC(c2ccccc2)COC1=O. The van der Waals surface area contributed by atoms with Gasteiger partial charge in [-0.3, -0.25) is 4.79 Å². The van der Waals surface area contributed by atoms with Crippen LogP contribution in [-0.4, -0.2) is 12.6 Å². The number of carbonyl (C=O) groups is 1. The third kappa shape index (κ3) is 3.09. The lowest BCUT2D eigenvalue weighted by Gasteiger charge is -2.26. The van der Waals surface area contributed by atoms with Gasteiger partial charge in [0.2, 0.25) is 0 Å². The van der Waals surface area contributed by atoms with E-state index in [-0.39, 0.29) is 11.9 Å². The van der Waals surface area contributed by atoms with Crippen molar-refractivity contribution in [3.05, 3.63) is 35.9 Å². The second kappa shape index (κ2) is 6.31. The molecule has 2 heteroatoms. The van der Waals surface area contributed by atoms with E-state index in [0.29, 0.717) is 12.5 Å². The van der Waals surface area contributed by atoms with Crippen LogP contribution in [0, 0.1) is 5.92 Å². The standard InChI is InChI=1S/C12H14O2.C2H6/c1-9-7-11(8-14-12(9)13)10-5-3-2-4-6-10;1-2/h2-6,9,11H,7-8H2,1H3;1-2H3. The Bertz CT molecular complexity index is 319. The fraction of sp³-hybridized carbons (Fsp3) is 0.500. The number of esters is 1. The predicted molar refractivity (Wildman–Crippen MR) is 65.3 cm³/mol. The minimum atomic E-state index is -0.0582. The Labute approximate surface area is 97.6 Å². The highest BCUT2D eigenvalue weighted by molar-refractivity contribution is 5.72. The summed E-state index contributed by atoms with van der Waals surface area (Å²) in [6.45, 7) is 6.46. The third-order valence-corrected chi connectivity index (χ3v) is 2.74. The molecule has 88 valence electrons. The van der Waals surface area contributed by atoms with Crippen LogP contribution in [0.25, 0.3) is 0 Å². The first-order valence-electron chi connectivity index (χ1n) is 5.99. The molecule has 0 spiro atoms. The van der Waals surface area contributed by atoms with Crippen LogP contribution < -0.4 is 0 Å². The minimum Gasteiger partial charge on any atom is -0.465 e. The Morgan fingerprint density at radius 3 is 2.38 bits per heavy atom. The monoisotopic (exact) mass is 220 g/mol. The summed E-state index contributed by atoms with van der Waals surface area (Å²) in [5.41, 5.74) is 1.27. The lowest BCUT2D eigenvalue weighted by molar-refractivity contribution is -0.153. The number of benzene rings is 1. The highest BCUT2D eigenvalue weighted by Gasteiger charge is 2.27. The number of carbonyl (C=O) groups excluding carboxylic acids is 1. The van der Waals surface area contributed by atoms with Crippen molar-refractivity contribution in [1.29, 1.82) is 0 Å². The lowest BCUT2D eigenvalue weighted by atomic mass is 9.88. The Morgan fingerprint density at radius 2 is 1.81 bits per heavy atom. The highest BCUT2D eigenvalue weighted by atomic mass is 16.5. The van der Waals surface area contributed by atoms with Gasteiger partial charge in [-0.1, -0.05) is 51.1 Å². The molecule has 2 atom stereocenters. The number of hydrogen-bond acceptors (Lipinski definition) is 2. The molecule has 0 bridgehead atoms. The molecule has 16 heavy (non-hydrogen) atoms. The number of cyclic esters (lactones) is 1.